The Labute approximate surface area is 185 Å². The average molecular weight is 439 g/mol. The fourth-order valence-corrected chi connectivity index (χ4v) is 3.87. The zero-order valence-electron chi connectivity index (χ0n) is 17.9. The predicted molar refractivity (Wildman–Crippen MR) is 113 cm³/mol. The van der Waals surface area contributed by atoms with Gasteiger partial charge in [0.1, 0.15) is 18.8 Å². The van der Waals surface area contributed by atoms with Gasteiger partial charge in [-0.25, -0.2) is 4.79 Å². The van der Waals surface area contributed by atoms with E-state index in [1.165, 1.54) is 0 Å². The zero-order valence-corrected chi connectivity index (χ0v) is 17.9. The van der Waals surface area contributed by atoms with E-state index in [4.69, 9.17) is 29.2 Å². The molecule has 4 rings (SSSR count). The summed E-state index contributed by atoms with van der Waals surface area (Å²) < 4.78 is 30.0. The Morgan fingerprint density at radius 2 is 1.81 bits per heavy atom. The molecule has 2 aliphatic heterocycles. The molecule has 2 aliphatic rings. The number of carbonyl (C=O) groups is 1. The van der Waals surface area contributed by atoms with Crippen molar-refractivity contribution in [2.24, 2.45) is 5.11 Å². The van der Waals surface area contributed by atoms with Crippen LogP contribution in [-0.4, -0.2) is 49.0 Å². The molecule has 0 amide bonds. The van der Waals surface area contributed by atoms with Gasteiger partial charge in [0, 0.05) is 4.91 Å². The van der Waals surface area contributed by atoms with Crippen molar-refractivity contribution in [3.05, 3.63) is 82.2 Å². The normalized spacial score (nSPS) is 28.8. The molecular weight excluding hydrogens is 414 g/mol. The van der Waals surface area contributed by atoms with Crippen molar-refractivity contribution < 1.29 is 28.5 Å². The van der Waals surface area contributed by atoms with Gasteiger partial charge in [0.25, 0.3) is 0 Å². The van der Waals surface area contributed by atoms with Crippen LogP contribution in [0, 0.1) is 0 Å². The Hall–Kier alpha value is -2.94. The Balaban J connectivity index is 1.66. The minimum absolute atomic E-state index is 0.0125. The Morgan fingerprint density at radius 1 is 1.12 bits per heavy atom. The van der Waals surface area contributed by atoms with E-state index in [1.54, 1.807) is 44.2 Å². The molecule has 168 valence electrons. The van der Waals surface area contributed by atoms with Gasteiger partial charge >= 0.3 is 5.97 Å². The number of carbonyl (C=O) groups excluding carboxylic acids is 1. The quantitative estimate of drug-likeness (QED) is 0.291. The second kappa shape index (κ2) is 9.28. The summed E-state index contributed by atoms with van der Waals surface area (Å²) in [4.78, 5) is 15.8. The van der Waals surface area contributed by atoms with Crippen molar-refractivity contribution in [2.45, 2.75) is 50.3 Å². The van der Waals surface area contributed by atoms with E-state index < -0.39 is 35.8 Å². The molecule has 9 heteroatoms. The summed E-state index contributed by atoms with van der Waals surface area (Å²) in [7, 11) is 0. The zero-order chi connectivity index (χ0) is 22.6. The maximum atomic E-state index is 12.9. The molecule has 9 nitrogen and oxygen atoms in total. The standard InChI is InChI=1S/C23H25N3O6/c1-22(2)30-15-23(32-22)20(28-13-16-9-5-3-6-10-16)19(18(14-29-23)25-26-24)31-21(27)17-11-7-4-8-12-17/h3-12,18-20H,13-15H2,1-2H3/t18-,19-,20+,23+/m1/s1. The molecule has 2 aromatic rings. The summed E-state index contributed by atoms with van der Waals surface area (Å²) in [5.74, 6) is -2.80. The molecular formula is C23H25N3O6. The fraction of sp³-hybridized carbons (Fsp3) is 0.435. The van der Waals surface area contributed by atoms with Crippen molar-refractivity contribution in [1.29, 1.82) is 0 Å². The molecule has 0 bridgehead atoms. The highest BCUT2D eigenvalue weighted by molar-refractivity contribution is 5.89. The molecule has 1 spiro atoms. The van der Waals surface area contributed by atoms with Gasteiger partial charge in [0.15, 0.2) is 11.9 Å². The number of hydrogen-bond acceptors (Lipinski definition) is 7. The van der Waals surface area contributed by atoms with Crippen LogP contribution in [-0.2, 0) is 30.3 Å². The molecule has 2 heterocycles. The highest BCUT2D eigenvalue weighted by atomic mass is 16.8. The van der Waals surface area contributed by atoms with E-state index in [-0.39, 0.29) is 19.8 Å². The first-order valence-corrected chi connectivity index (χ1v) is 10.4. The molecule has 0 aliphatic carbocycles. The van der Waals surface area contributed by atoms with E-state index in [1.807, 2.05) is 30.3 Å². The van der Waals surface area contributed by atoms with Gasteiger partial charge in [-0.3, -0.25) is 0 Å². The number of hydrogen-bond donors (Lipinski definition) is 0. The Kier molecular flexibility index (Phi) is 6.45. The van der Waals surface area contributed by atoms with Crippen molar-refractivity contribution in [3.8, 4) is 0 Å². The third-order valence-corrected chi connectivity index (χ3v) is 5.37. The van der Waals surface area contributed by atoms with E-state index in [2.05, 4.69) is 10.0 Å². The second-order valence-corrected chi connectivity index (χ2v) is 8.14. The second-order valence-electron chi connectivity index (χ2n) is 8.14. The molecule has 2 aromatic carbocycles. The predicted octanol–water partition coefficient (Wildman–Crippen LogP) is 3.99. The maximum absolute atomic E-state index is 12.9. The smallest absolute Gasteiger partial charge is 0.338 e. The van der Waals surface area contributed by atoms with Gasteiger partial charge < -0.3 is 23.7 Å². The average Bonchev–Trinajstić information content (AvgIpc) is 3.11. The topological polar surface area (TPSA) is 112 Å². The summed E-state index contributed by atoms with van der Waals surface area (Å²) in [6.45, 7) is 3.81. The van der Waals surface area contributed by atoms with E-state index in [0.717, 1.165) is 5.56 Å². The molecule has 32 heavy (non-hydrogen) atoms. The first kappa shape index (κ1) is 22.3. The lowest BCUT2D eigenvalue weighted by molar-refractivity contribution is -0.333. The van der Waals surface area contributed by atoms with Crippen LogP contribution in [0.5, 0.6) is 0 Å². The van der Waals surface area contributed by atoms with Gasteiger partial charge in [0.2, 0.25) is 5.79 Å². The lowest BCUT2D eigenvalue weighted by atomic mass is 9.95. The van der Waals surface area contributed by atoms with Crippen LogP contribution < -0.4 is 0 Å². The first-order chi connectivity index (χ1) is 15.4. The van der Waals surface area contributed by atoms with Crippen LogP contribution >= 0.6 is 0 Å². The molecule has 2 fully saturated rings. The highest BCUT2D eigenvalue weighted by Gasteiger charge is 2.60. The molecule has 0 unspecified atom stereocenters. The fourth-order valence-electron chi connectivity index (χ4n) is 3.87. The number of benzene rings is 2. The monoisotopic (exact) mass is 439 g/mol. The number of ether oxygens (including phenoxy) is 5. The van der Waals surface area contributed by atoms with E-state index in [0.29, 0.717) is 5.56 Å². The van der Waals surface area contributed by atoms with Crippen LogP contribution in [0.15, 0.2) is 65.8 Å². The minimum Gasteiger partial charge on any atom is -0.455 e. The molecule has 0 aromatic heterocycles. The van der Waals surface area contributed by atoms with Crippen LogP contribution in [0.25, 0.3) is 10.4 Å². The maximum Gasteiger partial charge on any atom is 0.338 e. The Bertz CT molecular complexity index is 980. The summed E-state index contributed by atoms with van der Waals surface area (Å²) in [5, 5.41) is 3.81. The van der Waals surface area contributed by atoms with Gasteiger partial charge in [0.05, 0.1) is 18.8 Å². The number of rotatable bonds is 6. The third-order valence-electron chi connectivity index (χ3n) is 5.37. The lowest BCUT2D eigenvalue weighted by Gasteiger charge is -2.45. The van der Waals surface area contributed by atoms with E-state index in [9.17, 15) is 4.79 Å². The van der Waals surface area contributed by atoms with Crippen molar-refractivity contribution in [1.82, 2.24) is 0 Å². The van der Waals surface area contributed by atoms with E-state index >= 15 is 0 Å². The largest absolute Gasteiger partial charge is 0.455 e. The van der Waals surface area contributed by atoms with Crippen molar-refractivity contribution in [3.63, 3.8) is 0 Å². The number of nitrogens with zero attached hydrogens (tertiary/aromatic N) is 3. The van der Waals surface area contributed by atoms with Crippen LogP contribution in [0.3, 0.4) is 0 Å². The van der Waals surface area contributed by atoms with Crippen molar-refractivity contribution >= 4 is 5.97 Å². The van der Waals surface area contributed by atoms with Gasteiger partial charge in [-0.05, 0) is 37.1 Å². The molecule has 0 radical (unpaired) electrons. The molecule has 0 saturated carbocycles. The van der Waals surface area contributed by atoms with Gasteiger partial charge in [-0.1, -0.05) is 53.6 Å². The van der Waals surface area contributed by atoms with Crippen LogP contribution in [0.1, 0.15) is 29.8 Å². The van der Waals surface area contributed by atoms with Crippen molar-refractivity contribution in [2.75, 3.05) is 13.2 Å². The number of azide groups is 1. The summed E-state index contributed by atoms with van der Waals surface area (Å²) >= 11 is 0. The van der Waals surface area contributed by atoms with Crippen LogP contribution in [0.2, 0.25) is 0 Å². The van der Waals surface area contributed by atoms with Gasteiger partial charge in [-0.15, -0.1) is 0 Å². The SMILES string of the molecule is CC1(C)OC[C@]2(OC[C@@H](N=[N+]=[N-])[C@@H](OC(=O)c3ccccc3)[C@@H]2OCc2ccccc2)O1. The first-order valence-electron chi connectivity index (χ1n) is 10.4. The number of esters is 1. The minimum atomic E-state index is -1.32. The molecule has 2 saturated heterocycles. The highest BCUT2D eigenvalue weighted by Crippen LogP contribution is 2.42. The summed E-state index contributed by atoms with van der Waals surface area (Å²) in [6, 6.07) is 17.3. The summed E-state index contributed by atoms with van der Waals surface area (Å²) in [5.41, 5.74) is 10.4. The molecule has 0 N–H and O–H groups in total. The Morgan fingerprint density at radius 3 is 2.44 bits per heavy atom. The molecule has 4 atom stereocenters. The third kappa shape index (κ3) is 4.77. The summed E-state index contributed by atoms with van der Waals surface area (Å²) in [6.07, 6.45) is -1.85. The van der Waals surface area contributed by atoms with Gasteiger partial charge in [-0.2, -0.15) is 0 Å². The lowest BCUT2D eigenvalue weighted by Crippen LogP contribution is -2.64. The van der Waals surface area contributed by atoms with Crippen LogP contribution in [0.4, 0.5) is 0 Å².